The molecule has 17 heavy (non-hydrogen) atoms. The summed E-state index contributed by atoms with van der Waals surface area (Å²) in [6.07, 6.45) is 0.617. The first-order valence-electron chi connectivity index (χ1n) is 5.48. The zero-order chi connectivity index (χ0) is 12.5. The van der Waals surface area contributed by atoms with E-state index in [1.165, 1.54) is 0 Å². The van der Waals surface area contributed by atoms with Crippen molar-refractivity contribution in [2.45, 2.75) is 25.9 Å². The molecule has 1 heterocycles. The second-order valence-corrected chi connectivity index (χ2v) is 4.80. The molecule has 0 atom stereocenters. The van der Waals surface area contributed by atoms with Crippen molar-refractivity contribution in [3.05, 3.63) is 35.9 Å². The molecule has 1 aromatic heterocycles. The lowest BCUT2D eigenvalue weighted by Crippen LogP contribution is -2.21. The maximum Gasteiger partial charge on any atom is 0.169 e. The highest BCUT2D eigenvalue weighted by atomic mass is 16.5. The van der Waals surface area contributed by atoms with Gasteiger partial charge in [0.2, 0.25) is 0 Å². The number of hydrogen-bond donors (Lipinski definition) is 2. The molecule has 0 saturated heterocycles. The van der Waals surface area contributed by atoms with Crippen LogP contribution in [0.3, 0.4) is 0 Å². The monoisotopic (exact) mass is 232 g/mol. The predicted octanol–water partition coefficient (Wildman–Crippen LogP) is 2.24. The van der Waals surface area contributed by atoms with Gasteiger partial charge in [0, 0.05) is 18.1 Å². The largest absolute Gasteiger partial charge is 0.390 e. The highest BCUT2D eigenvalue weighted by Gasteiger charge is 2.13. The van der Waals surface area contributed by atoms with E-state index in [9.17, 15) is 5.11 Å². The van der Waals surface area contributed by atoms with Crippen molar-refractivity contribution >= 4 is 5.82 Å². The van der Waals surface area contributed by atoms with Gasteiger partial charge in [-0.2, -0.15) is 0 Å². The van der Waals surface area contributed by atoms with Gasteiger partial charge < -0.3 is 15.4 Å². The van der Waals surface area contributed by atoms with E-state index in [2.05, 4.69) is 5.16 Å². The summed E-state index contributed by atoms with van der Waals surface area (Å²) in [4.78, 5) is 0. The third kappa shape index (κ3) is 3.07. The maximum atomic E-state index is 9.72. The smallest absolute Gasteiger partial charge is 0.169 e. The van der Waals surface area contributed by atoms with Crippen LogP contribution in [0.1, 0.15) is 19.4 Å². The number of benzene rings is 1. The number of anilines is 1. The molecule has 2 aromatic rings. The van der Waals surface area contributed by atoms with Gasteiger partial charge in [-0.15, -0.1) is 0 Å². The fourth-order valence-corrected chi connectivity index (χ4v) is 1.71. The summed E-state index contributed by atoms with van der Waals surface area (Å²) in [5.41, 5.74) is 6.80. The highest BCUT2D eigenvalue weighted by Crippen LogP contribution is 2.22. The Labute approximate surface area is 100 Å². The Balaban J connectivity index is 2.19. The van der Waals surface area contributed by atoms with E-state index in [4.69, 9.17) is 10.3 Å². The molecular formula is C13H16N2O2. The number of nitrogens with two attached hydrogens (primary N) is 1. The molecule has 0 aliphatic carbocycles. The van der Waals surface area contributed by atoms with E-state index >= 15 is 0 Å². The fourth-order valence-electron chi connectivity index (χ4n) is 1.71. The summed E-state index contributed by atoms with van der Waals surface area (Å²) in [6.45, 7) is 3.58. The molecule has 0 unspecified atom stereocenters. The molecule has 0 spiro atoms. The average molecular weight is 232 g/mol. The Morgan fingerprint density at radius 2 is 1.94 bits per heavy atom. The number of aliphatic hydroxyl groups is 1. The minimum atomic E-state index is -0.696. The Kier molecular flexibility index (Phi) is 2.90. The van der Waals surface area contributed by atoms with Crippen molar-refractivity contribution in [3.8, 4) is 11.3 Å². The molecule has 0 radical (unpaired) electrons. The van der Waals surface area contributed by atoms with Crippen LogP contribution in [0.25, 0.3) is 11.3 Å². The number of hydrogen-bond acceptors (Lipinski definition) is 4. The Morgan fingerprint density at radius 3 is 2.41 bits per heavy atom. The molecule has 4 heteroatoms. The Morgan fingerprint density at radius 1 is 1.29 bits per heavy atom. The maximum absolute atomic E-state index is 9.72. The Hall–Kier alpha value is -1.81. The van der Waals surface area contributed by atoms with Crippen LogP contribution in [-0.4, -0.2) is 15.9 Å². The summed E-state index contributed by atoms with van der Waals surface area (Å²) in [5.74, 6) is 1.03. The van der Waals surface area contributed by atoms with Crippen LogP contribution in [0.2, 0.25) is 0 Å². The summed E-state index contributed by atoms with van der Waals surface area (Å²) in [7, 11) is 0. The molecule has 3 N–H and O–H groups in total. The molecule has 0 saturated carbocycles. The lowest BCUT2D eigenvalue weighted by molar-refractivity contribution is 0.0810. The summed E-state index contributed by atoms with van der Waals surface area (Å²) < 4.78 is 5.07. The number of nitrogen functional groups attached to an aromatic ring is 1. The van der Waals surface area contributed by atoms with Crippen LogP contribution in [-0.2, 0) is 6.42 Å². The minimum Gasteiger partial charge on any atom is -0.390 e. The van der Waals surface area contributed by atoms with E-state index in [-0.39, 0.29) is 0 Å². The first kappa shape index (κ1) is 11.7. The fraction of sp³-hybridized carbons (Fsp3) is 0.308. The van der Waals surface area contributed by atoms with Gasteiger partial charge in [0.1, 0.15) is 0 Å². The molecular weight excluding hydrogens is 216 g/mol. The average Bonchev–Trinajstić information content (AvgIpc) is 2.63. The predicted molar refractivity (Wildman–Crippen MR) is 66.4 cm³/mol. The second-order valence-electron chi connectivity index (χ2n) is 4.80. The van der Waals surface area contributed by atoms with Gasteiger partial charge in [-0.1, -0.05) is 29.4 Å². The normalized spacial score (nSPS) is 11.7. The number of nitrogens with zero attached hydrogens (tertiary/aromatic N) is 1. The lowest BCUT2D eigenvalue weighted by Gasteiger charge is -2.16. The molecule has 0 fully saturated rings. The van der Waals surface area contributed by atoms with Crippen molar-refractivity contribution in [2.75, 3.05) is 5.73 Å². The van der Waals surface area contributed by atoms with Gasteiger partial charge in [0.25, 0.3) is 0 Å². The topological polar surface area (TPSA) is 72.3 Å². The SMILES string of the molecule is CC(C)(O)Cc1ccc(-c2cc(N)no2)cc1. The lowest BCUT2D eigenvalue weighted by atomic mass is 9.98. The van der Waals surface area contributed by atoms with Gasteiger partial charge in [0.05, 0.1) is 5.60 Å². The van der Waals surface area contributed by atoms with E-state index < -0.39 is 5.60 Å². The van der Waals surface area contributed by atoms with Gasteiger partial charge >= 0.3 is 0 Å². The Bertz CT molecular complexity index is 495. The first-order chi connectivity index (χ1) is 7.94. The van der Waals surface area contributed by atoms with Crippen LogP contribution in [0.5, 0.6) is 0 Å². The van der Waals surface area contributed by atoms with Gasteiger partial charge in [-0.05, 0) is 19.4 Å². The zero-order valence-corrected chi connectivity index (χ0v) is 9.97. The first-order valence-corrected chi connectivity index (χ1v) is 5.48. The standard InChI is InChI=1S/C13H16N2O2/c1-13(2,16)8-9-3-5-10(6-4-9)11-7-12(14)15-17-11/h3-7,16H,8H2,1-2H3,(H2,14,15). The van der Waals surface area contributed by atoms with Crippen molar-refractivity contribution in [3.63, 3.8) is 0 Å². The van der Waals surface area contributed by atoms with Crippen molar-refractivity contribution in [2.24, 2.45) is 0 Å². The number of aromatic nitrogens is 1. The summed E-state index contributed by atoms with van der Waals surface area (Å²) in [5, 5.41) is 13.4. The number of rotatable bonds is 3. The van der Waals surface area contributed by atoms with Crippen molar-refractivity contribution in [1.82, 2.24) is 5.16 Å². The van der Waals surface area contributed by atoms with E-state index in [1.54, 1.807) is 19.9 Å². The minimum absolute atomic E-state index is 0.376. The van der Waals surface area contributed by atoms with Crippen LogP contribution in [0.4, 0.5) is 5.82 Å². The van der Waals surface area contributed by atoms with Crippen molar-refractivity contribution < 1.29 is 9.63 Å². The third-order valence-corrected chi connectivity index (χ3v) is 2.40. The molecule has 0 aliphatic heterocycles. The third-order valence-electron chi connectivity index (χ3n) is 2.40. The quantitative estimate of drug-likeness (QED) is 0.851. The molecule has 4 nitrogen and oxygen atoms in total. The van der Waals surface area contributed by atoms with Crippen LogP contribution >= 0.6 is 0 Å². The van der Waals surface area contributed by atoms with E-state index in [0.717, 1.165) is 11.1 Å². The summed E-state index contributed by atoms with van der Waals surface area (Å²) in [6, 6.07) is 9.48. The van der Waals surface area contributed by atoms with Crippen LogP contribution in [0.15, 0.2) is 34.9 Å². The molecule has 0 bridgehead atoms. The van der Waals surface area contributed by atoms with Gasteiger partial charge in [0.15, 0.2) is 11.6 Å². The molecule has 90 valence electrons. The summed E-state index contributed by atoms with van der Waals surface area (Å²) >= 11 is 0. The zero-order valence-electron chi connectivity index (χ0n) is 9.97. The molecule has 0 aliphatic rings. The van der Waals surface area contributed by atoms with Crippen LogP contribution < -0.4 is 5.73 Å². The second kappa shape index (κ2) is 4.22. The molecule has 2 rings (SSSR count). The molecule has 1 aromatic carbocycles. The molecule has 0 amide bonds. The van der Waals surface area contributed by atoms with Gasteiger partial charge in [-0.25, -0.2) is 0 Å². The highest BCUT2D eigenvalue weighted by molar-refractivity contribution is 5.60. The van der Waals surface area contributed by atoms with E-state index in [0.29, 0.717) is 18.0 Å². The van der Waals surface area contributed by atoms with Crippen LogP contribution in [0, 0.1) is 0 Å². The van der Waals surface area contributed by atoms with Crippen molar-refractivity contribution in [1.29, 1.82) is 0 Å². The van der Waals surface area contributed by atoms with Gasteiger partial charge in [-0.3, -0.25) is 0 Å². The van der Waals surface area contributed by atoms with E-state index in [1.807, 2.05) is 24.3 Å².